The first-order chi connectivity index (χ1) is 6.75. The van der Waals surface area contributed by atoms with Gasteiger partial charge in [-0.15, -0.1) is 0 Å². The molecule has 1 N–H and O–H groups in total. The molecule has 2 atom stereocenters. The fraction of sp³-hybridized carbons (Fsp3) is 0.909. The molecule has 2 bridgehead atoms. The van der Waals surface area contributed by atoms with Crippen LogP contribution in [0.1, 0.15) is 32.6 Å². The zero-order valence-corrected chi connectivity index (χ0v) is 8.75. The molecule has 0 spiro atoms. The molecule has 2 aliphatic heterocycles. The van der Waals surface area contributed by atoms with E-state index in [0.29, 0.717) is 18.0 Å². The molecule has 0 aromatic heterocycles. The third kappa shape index (κ3) is 1.05. The number of hydrogen-bond acceptors (Lipinski definition) is 2. The summed E-state index contributed by atoms with van der Waals surface area (Å²) in [6.45, 7) is 4.14. The van der Waals surface area contributed by atoms with Gasteiger partial charge in [0.05, 0.1) is 0 Å². The van der Waals surface area contributed by atoms with Gasteiger partial charge in [-0.3, -0.25) is 4.79 Å². The van der Waals surface area contributed by atoms with Crippen molar-refractivity contribution in [3.63, 3.8) is 0 Å². The number of carbonyl (C=O) groups is 1. The summed E-state index contributed by atoms with van der Waals surface area (Å²) in [5.41, 5.74) is 0.0739. The summed E-state index contributed by atoms with van der Waals surface area (Å²) < 4.78 is 0. The van der Waals surface area contributed by atoms with E-state index in [-0.39, 0.29) is 5.41 Å². The maximum atomic E-state index is 12.2. The number of fused-ring (bicyclic) bond motifs is 2. The van der Waals surface area contributed by atoms with E-state index in [1.165, 1.54) is 6.42 Å². The van der Waals surface area contributed by atoms with Gasteiger partial charge in [-0.2, -0.15) is 0 Å². The van der Waals surface area contributed by atoms with Gasteiger partial charge in [0.1, 0.15) is 0 Å². The van der Waals surface area contributed by atoms with Crippen LogP contribution < -0.4 is 5.32 Å². The van der Waals surface area contributed by atoms with E-state index >= 15 is 0 Å². The molecule has 0 radical (unpaired) electrons. The molecule has 0 aromatic rings. The topological polar surface area (TPSA) is 32.3 Å². The van der Waals surface area contributed by atoms with Gasteiger partial charge in [0.15, 0.2) is 0 Å². The molecular formula is C11H18N2O. The first kappa shape index (κ1) is 8.72. The highest BCUT2D eigenvalue weighted by molar-refractivity contribution is 5.86. The number of rotatable bonds is 2. The number of amides is 1. The second kappa shape index (κ2) is 2.72. The zero-order valence-electron chi connectivity index (χ0n) is 8.75. The van der Waals surface area contributed by atoms with Crippen molar-refractivity contribution in [1.82, 2.24) is 10.2 Å². The van der Waals surface area contributed by atoms with E-state index < -0.39 is 0 Å². The number of carbonyl (C=O) groups excluding carboxylic acids is 1. The number of nitrogens with zero attached hydrogens (tertiary/aromatic N) is 1. The van der Waals surface area contributed by atoms with Gasteiger partial charge in [0.25, 0.3) is 0 Å². The van der Waals surface area contributed by atoms with E-state index in [2.05, 4.69) is 17.1 Å². The van der Waals surface area contributed by atoms with Crippen LogP contribution in [0, 0.1) is 5.41 Å². The Labute approximate surface area is 84.8 Å². The van der Waals surface area contributed by atoms with Crippen molar-refractivity contribution in [2.24, 2.45) is 5.41 Å². The summed E-state index contributed by atoms with van der Waals surface area (Å²) in [5, 5.41) is 3.44. The molecule has 0 aromatic carbocycles. The van der Waals surface area contributed by atoms with Crippen LogP contribution in [0.3, 0.4) is 0 Å². The monoisotopic (exact) mass is 194 g/mol. The molecule has 3 heteroatoms. The average molecular weight is 194 g/mol. The summed E-state index contributed by atoms with van der Waals surface area (Å²) in [5.74, 6) is 0.453. The molecule has 1 aliphatic carbocycles. The molecular weight excluding hydrogens is 176 g/mol. The quantitative estimate of drug-likeness (QED) is 0.703. The Kier molecular flexibility index (Phi) is 1.69. The SMILES string of the molecule is CCC1(C(=O)N2CC3CC2CN3)CC1. The third-order valence-electron chi connectivity index (χ3n) is 4.30. The van der Waals surface area contributed by atoms with E-state index in [0.717, 1.165) is 32.4 Å². The fourth-order valence-corrected chi connectivity index (χ4v) is 2.98. The molecule has 3 aliphatic rings. The average Bonchev–Trinajstić information content (AvgIpc) is 2.73. The lowest BCUT2D eigenvalue weighted by atomic mass is 10.0. The molecule has 2 heterocycles. The van der Waals surface area contributed by atoms with Crippen LogP contribution in [0.25, 0.3) is 0 Å². The molecule has 2 unspecified atom stereocenters. The molecule has 3 rings (SSSR count). The van der Waals surface area contributed by atoms with Crippen molar-refractivity contribution in [3.8, 4) is 0 Å². The van der Waals surface area contributed by atoms with Crippen LogP contribution in [-0.4, -0.2) is 36.0 Å². The Morgan fingerprint density at radius 2 is 2.36 bits per heavy atom. The van der Waals surface area contributed by atoms with Gasteiger partial charge in [0.2, 0.25) is 5.91 Å². The van der Waals surface area contributed by atoms with Crippen molar-refractivity contribution >= 4 is 5.91 Å². The summed E-state index contributed by atoms with van der Waals surface area (Å²) in [4.78, 5) is 14.4. The van der Waals surface area contributed by atoms with Crippen LogP contribution in [-0.2, 0) is 4.79 Å². The molecule has 1 amide bonds. The lowest BCUT2D eigenvalue weighted by molar-refractivity contribution is -0.138. The minimum absolute atomic E-state index is 0.0739. The summed E-state index contributed by atoms with van der Waals surface area (Å²) in [7, 11) is 0. The van der Waals surface area contributed by atoms with E-state index in [1.54, 1.807) is 0 Å². The first-order valence-corrected chi connectivity index (χ1v) is 5.80. The standard InChI is InChI=1S/C11H18N2O/c1-2-11(3-4-11)10(14)13-7-8-5-9(13)6-12-8/h8-9,12H,2-7H2,1H3. The van der Waals surface area contributed by atoms with Crippen LogP contribution in [0.4, 0.5) is 0 Å². The predicted octanol–water partition coefficient (Wildman–Crippen LogP) is 0.749. The number of hydrogen-bond donors (Lipinski definition) is 1. The summed E-state index contributed by atoms with van der Waals surface area (Å²) >= 11 is 0. The van der Waals surface area contributed by atoms with Crippen LogP contribution in [0.15, 0.2) is 0 Å². The molecule has 14 heavy (non-hydrogen) atoms. The highest BCUT2D eigenvalue weighted by atomic mass is 16.2. The Morgan fingerprint density at radius 3 is 2.79 bits per heavy atom. The predicted molar refractivity (Wildman–Crippen MR) is 53.9 cm³/mol. The second-order valence-corrected chi connectivity index (χ2v) is 5.09. The molecule has 3 fully saturated rings. The van der Waals surface area contributed by atoms with Crippen molar-refractivity contribution in [1.29, 1.82) is 0 Å². The Balaban J connectivity index is 1.74. The van der Waals surface area contributed by atoms with Gasteiger partial charge in [0, 0.05) is 30.6 Å². The smallest absolute Gasteiger partial charge is 0.229 e. The van der Waals surface area contributed by atoms with Gasteiger partial charge in [-0.25, -0.2) is 0 Å². The van der Waals surface area contributed by atoms with Crippen LogP contribution in [0.2, 0.25) is 0 Å². The third-order valence-corrected chi connectivity index (χ3v) is 4.30. The highest BCUT2D eigenvalue weighted by Crippen LogP contribution is 2.51. The van der Waals surface area contributed by atoms with E-state index in [9.17, 15) is 4.79 Å². The van der Waals surface area contributed by atoms with E-state index in [1.807, 2.05) is 0 Å². The first-order valence-electron chi connectivity index (χ1n) is 5.80. The number of nitrogens with one attached hydrogen (secondary N) is 1. The van der Waals surface area contributed by atoms with Crippen molar-refractivity contribution < 1.29 is 4.79 Å². The lowest BCUT2D eigenvalue weighted by Crippen LogP contribution is -2.49. The molecule has 3 nitrogen and oxygen atoms in total. The van der Waals surface area contributed by atoms with Crippen molar-refractivity contribution in [3.05, 3.63) is 0 Å². The van der Waals surface area contributed by atoms with Gasteiger partial charge in [-0.1, -0.05) is 6.92 Å². The van der Waals surface area contributed by atoms with Crippen LogP contribution in [0.5, 0.6) is 0 Å². The minimum Gasteiger partial charge on any atom is -0.336 e. The van der Waals surface area contributed by atoms with Gasteiger partial charge >= 0.3 is 0 Å². The normalized spacial score (nSPS) is 37.6. The van der Waals surface area contributed by atoms with Crippen LogP contribution >= 0.6 is 0 Å². The van der Waals surface area contributed by atoms with Crippen molar-refractivity contribution in [2.75, 3.05) is 13.1 Å². The second-order valence-electron chi connectivity index (χ2n) is 5.09. The molecule has 78 valence electrons. The fourth-order valence-electron chi connectivity index (χ4n) is 2.98. The van der Waals surface area contributed by atoms with Crippen molar-refractivity contribution in [2.45, 2.75) is 44.7 Å². The Hall–Kier alpha value is -0.570. The van der Waals surface area contributed by atoms with Gasteiger partial charge < -0.3 is 10.2 Å². The lowest BCUT2D eigenvalue weighted by Gasteiger charge is -2.30. The number of likely N-dealkylation sites (tertiary alicyclic amines) is 1. The molecule has 2 saturated heterocycles. The Bertz CT molecular complexity index is 272. The summed E-state index contributed by atoms with van der Waals surface area (Å²) in [6, 6.07) is 1.10. The maximum absolute atomic E-state index is 12.2. The zero-order chi connectivity index (χ0) is 9.76. The minimum atomic E-state index is 0.0739. The van der Waals surface area contributed by atoms with Gasteiger partial charge in [-0.05, 0) is 25.7 Å². The van der Waals surface area contributed by atoms with E-state index in [4.69, 9.17) is 0 Å². The maximum Gasteiger partial charge on any atom is 0.229 e. The highest BCUT2D eigenvalue weighted by Gasteiger charge is 2.53. The Morgan fingerprint density at radius 1 is 1.57 bits per heavy atom. The summed E-state index contributed by atoms with van der Waals surface area (Å²) in [6.07, 6.45) is 4.48. The number of piperazine rings is 1. The largest absolute Gasteiger partial charge is 0.336 e. The molecule has 1 saturated carbocycles.